The molecule has 0 spiro atoms. The first-order chi connectivity index (χ1) is 10.3. The smallest absolute Gasteiger partial charge is 0.249 e. The van der Waals surface area contributed by atoms with E-state index >= 15 is 0 Å². The van der Waals surface area contributed by atoms with E-state index in [4.69, 9.17) is 16.1 Å². The van der Waals surface area contributed by atoms with Gasteiger partial charge < -0.3 is 4.52 Å². The van der Waals surface area contributed by atoms with Crippen LogP contribution in [-0.4, -0.2) is 10.1 Å². The van der Waals surface area contributed by atoms with Crippen molar-refractivity contribution in [3.63, 3.8) is 0 Å². The van der Waals surface area contributed by atoms with E-state index in [1.807, 2.05) is 30.3 Å². The quantitative estimate of drug-likeness (QED) is 0.739. The normalized spacial score (nSPS) is 23.9. The Kier molecular flexibility index (Phi) is 4.59. The number of halogens is 1. The molecule has 0 aliphatic heterocycles. The van der Waals surface area contributed by atoms with Gasteiger partial charge in [-0.15, -0.1) is 11.6 Å². The third-order valence-electron chi connectivity index (χ3n) is 4.56. The lowest BCUT2D eigenvalue weighted by molar-refractivity contribution is 0.303. The van der Waals surface area contributed by atoms with Crippen molar-refractivity contribution in [2.45, 2.75) is 50.3 Å². The minimum absolute atomic E-state index is 0.362. The fourth-order valence-corrected chi connectivity index (χ4v) is 3.34. The van der Waals surface area contributed by atoms with E-state index in [9.17, 15) is 0 Å². The van der Waals surface area contributed by atoms with E-state index in [0.29, 0.717) is 11.8 Å². The number of benzene rings is 1. The van der Waals surface area contributed by atoms with Crippen LogP contribution in [0.4, 0.5) is 0 Å². The van der Waals surface area contributed by atoms with Gasteiger partial charge in [-0.25, -0.2) is 0 Å². The van der Waals surface area contributed by atoms with Crippen LogP contribution in [0, 0.1) is 5.92 Å². The van der Waals surface area contributed by atoms with E-state index < -0.39 is 0 Å². The molecule has 1 unspecified atom stereocenters. The molecule has 0 radical (unpaired) electrons. The highest BCUT2D eigenvalue weighted by Crippen LogP contribution is 2.36. The maximum Gasteiger partial charge on any atom is 0.249 e. The highest BCUT2D eigenvalue weighted by Gasteiger charge is 2.26. The SMILES string of the molecule is CCC1CCC(c2noc(C(Cl)c3ccccc3)n2)CC1. The molecule has 3 rings (SSSR count). The molecule has 0 bridgehead atoms. The first-order valence-corrected chi connectivity index (χ1v) is 8.24. The van der Waals surface area contributed by atoms with Crippen molar-refractivity contribution >= 4 is 11.6 Å². The molecule has 21 heavy (non-hydrogen) atoms. The molecule has 112 valence electrons. The minimum Gasteiger partial charge on any atom is -0.337 e. The maximum absolute atomic E-state index is 6.43. The van der Waals surface area contributed by atoms with Crippen molar-refractivity contribution < 1.29 is 4.52 Å². The summed E-state index contributed by atoms with van der Waals surface area (Å²) in [7, 11) is 0. The summed E-state index contributed by atoms with van der Waals surface area (Å²) in [5, 5.41) is 3.81. The zero-order valence-corrected chi connectivity index (χ0v) is 13.1. The molecule has 2 aromatic rings. The number of nitrogens with zero attached hydrogens (tertiary/aromatic N) is 2. The Morgan fingerprint density at radius 1 is 1.19 bits per heavy atom. The summed E-state index contributed by atoms with van der Waals surface area (Å²) in [4.78, 5) is 4.55. The fraction of sp³-hybridized carbons (Fsp3) is 0.529. The zero-order valence-electron chi connectivity index (χ0n) is 12.3. The predicted octanol–water partition coefficient (Wildman–Crippen LogP) is 5.08. The second kappa shape index (κ2) is 6.61. The molecule has 1 aromatic carbocycles. The molecule has 1 fully saturated rings. The van der Waals surface area contributed by atoms with Gasteiger partial charge in [0.25, 0.3) is 0 Å². The Balaban J connectivity index is 1.69. The summed E-state index contributed by atoms with van der Waals surface area (Å²) in [6.07, 6.45) is 6.15. The van der Waals surface area contributed by atoms with Crippen molar-refractivity contribution in [3.05, 3.63) is 47.6 Å². The number of hydrogen-bond donors (Lipinski definition) is 0. The summed E-state index contributed by atoms with van der Waals surface area (Å²) in [5.74, 6) is 2.65. The van der Waals surface area contributed by atoms with Crippen molar-refractivity contribution in [1.82, 2.24) is 10.1 Å². The Morgan fingerprint density at radius 3 is 2.57 bits per heavy atom. The first kappa shape index (κ1) is 14.6. The number of hydrogen-bond acceptors (Lipinski definition) is 3. The average molecular weight is 305 g/mol. The number of rotatable bonds is 4. The highest BCUT2D eigenvalue weighted by molar-refractivity contribution is 6.22. The zero-order chi connectivity index (χ0) is 14.7. The summed E-state index contributed by atoms with van der Waals surface area (Å²) in [5.41, 5.74) is 0.990. The van der Waals surface area contributed by atoms with Crippen LogP contribution < -0.4 is 0 Å². The summed E-state index contributed by atoms with van der Waals surface area (Å²) in [6, 6.07) is 9.86. The van der Waals surface area contributed by atoms with Gasteiger partial charge in [-0.3, -0.25) is 0 Å². The van der Waals surface area contributed by atoms with Crippen molar-refractivity contribution in [2.75, 3.05) is 0 Å². The lowest BCUT2D eigenvalue weighted by atomic mass is 9.80. The summed E-state index contributed by atoms with van der Waals surface area (Å²) < 4.78 is 5.39. The summed E-state index contributed by atoms with van der Waals surface area (Å²) >= 11 is 6.43. The largest absolute Gasteiger partial charge is 0.337 e. The van der Waals surface area contributed by atoms with Crippen LogP contribution in [-0.2, 0) is 0 Å². The lowest BCUT2D eigenvalue weighted by Gasteiger charge is -2.25. The average Bonchev–Trinajstić information content (AvgIpc) is 3.05. The van der Waals surface area contributed by atoms with Gasteiger partial charge in [0.05, 0.1) is 0 Å². The molecule has 0 N–H and O–H groups in total. The molecule has 1 aliphatic carbocycles. The number of aromatic nitrogens is 2. The molecule has 4 heteroatoms. The molecule has 0 amide bonds. The standard InChI is InChI=1S/C17H21ClN2O/c1-2-12-8-10-14(11-9-12)16-19-17(21-20-16)15(18)13-6-4-3-5-7-13/h3-7,12,14-15H,2,8-11H2,1H3. The van der Waals surface area contributed by atoms with Crippen molar-refractivity contribution in [3.8, 4) is 0 Å². The monoisotopic (exact) mass is 304 g/mol. The second-order valence-corrected chi connectivity index (χ2v) is 6.33. The molecular formula is C17H21ClN2O. The van der Waals surface area contributed by atoms with Gasteiger partial charge >= 0.3 is 0 Å². The van der Waals surface area contributed by atoms with E-state index in [2.05, 4.69) is 17.1 Å². The first-order valence-electron chi connectivity index (χ1n) is 7.80. The molecular weight excluding hydrogens is 284 g/mol. The molecule has 1 saturated carbocycles. The third kappa shape index (κ3) is 3.29. The van der Waals surface area contributed by atoms with Gasteiger partial charge in [-0.2, -0.15) is 4.98 Å². The number of alkyl halides is 1. The Hall–Kier alpha value is -1.35. The Morgan fingerprint density at radius 2 is 1.90 bits per heavy atom. The highest BCUT2D eigenvalue weighted by atomic mass is 35.5. The van der Waals surface area contributed by atoms with Crippen molar-refractivity contribution in [1.29, 1.82) is 0 Å². The van der Waals surface area contributed by atoms with Gasteiger partial charge in [-0.1, -0.05) is 48.8 Å². The lowest BCUT2D eigenvalue weighted by Crippen LogP contribution is -2.13. The van der Waals surface area contributed by atoms with Crippen LogP contribution >= 0.6 is 11.6 Å². The van der Waals surface area contributed by atoms with E-state index in [1.165, 1.54) is 19.3 Å². The van der Waals surface area contributed by atoms with E-state index in [-0.39, 0.29) is 5.38 Å². The Bertz CT molecular complexity index is 561. The van der Waals surface area contributed by atoms with Gasteiger partial charge in [0, 0.05) is 5.92 Å². The van der Waals surface area contributed by atoms with Crippen LogP contribution in [0.15, 0.2) is 34.9 Å². The molecule has 1 heterocycles. The third-order valence-corrected chi connectivity index (χ3v) is 4.99. The Labute approximate surface area is 130 Å². The topological polar surface area (TPSA) is 38.9 Å². The van der Waals surface area contributed by atoms with Crippen LogP contribution in [0.2, 0.25) is 0 Å². The molecule has 1 aromatic heterocycles. The maximum atomic E-state index is 6.43. The van der Waals surface area contributed by atoms with Crippen molar-refractivity contribution in [2.24, 2.45) is 5.92 Å². The van der Waals surface area contributed by atoms with Crippen LogP contribution in [0.5, 0.6) is 0 Å². The predicted molar refractivity (Wildman–Crippen MR) is 83.4 cm³/mol. The van der Waals surface area contributed by atoms with E-state index in [0.717, 1.165) is 30.1 Å². The molecule has 1 aliphatic rings. The van der Waals surface area contributed by atoms with Gasteiger partial charge in [0.1, 0.15) is 5.38 Å². The van der Waals surface area contributed by atoms with Gasteiger partial charge in [0.15, 0.2) is 5.82 Å². The van der Waals surface area contributed by atoms with Crippen LogP contribution in [0.1, 0.15) is 67.6 Å². The van der Waals surface area contributed by atoms with Gasteiger partial charge in [-0.05, 0) is 37.2 Å². The van der Waals surface area contributed by atoms with Gasteiger partial charge in [0.2, 0.25) is 5.89 Å². The minimum atomic E-state index is -0.362. The summed E-state index contributed by atoms with van der Waals surface area (Å²) in [6.45, 7) is 2.27. The van der Waals surface area contributed by atoms with Crippen LogP contribution in [0.3, 0.4) is 0 Å². The second-order valence-electron chi connectivity index (χ2n) is 5.89. The van der Waals surface area contributed by atoms with E-state index in [1.54, 1.807) is 0 Å². The fourth-order valence-electron chi connectivity index (χ4n) is 3.11. The van der Waals surface area contributed by atoms with Crippen LogP contribution in [0.25, 0.3) is 0 Å². The molecule has 1 atom stereocenters. The molecule has 0 saturated heterocycles. The molecule has 3 nitrogen and oxygen atoms in total.